The lowest BCUT2D eigenvalue weighted by atomic mass is 10.2. The molecule has 2 aromatic rings. The summed E-state index contributed by atoms with van der Waals surface area (Å²) in [7, 11) is -3.63. The first-order chi connectivity index (χ1) is 13.5. The number of anilines is 1. The number of carbonyl (C=O) groups excluding carboxylic acids is 1. The second-order valence-corrected chi connectivity index (χ2v) is 8.01. The Hall–Kier alpha value is -2.59. The number of amides is 1. The minimum Gasteiger partial charge on any atom is -0.483 e. The molecule has 2 aromatic carbocycles. The van der Waals surface area contributed by atoms with Gasteiger partial charge in [-0.25, -0.2) is 13.1 Å². The summed E-state index contributed by atoms with van der Waals surface area (Å²) in [4.78, 5) is 12.1. The van der Waals surface area contributed by atoms with Crippen LogP contribution in [-0.2, 0) is 21.0 Å². The van der Waals surface area contributed by atoms with Gasteiger partial charge in [-0.1, -0.05) is 13.0 Å². The summed E-state index contributed by atoms with van der Waals surface area (Å²) in [5.74, 6) is -0.358. The summed E-state index contributed by atoms with van der Waals surface area (Å²) in [5, 5.41) is 2.33. The highest BCUT2D eigenvalue weighted by molar-refractivity contribution is 7.89. The third-order valence-corrected chi connectivity index (χ3v) is 5.29. The molecule has 0 unspecified atom stereocenters. The van der Waals surface area contributed by atoms with Gasteiger partial charge >= 0.3 is 6.18 Å². The lowest BCUT2D eigenvalue weighted by molar-refractivity contribution is -0.137. The number of sulfonamides is 1. The van der Waals surface area contributed by atoms with Crippen molar-refractivity contribution in [1.29, 1.82) is 0 Å². The molecule has 0 spiro atoms. The molecule has 0 aliphatic heterocycles. The third-order valence-electron chi connectivity index (χ3n) is 3.83. The van der Waals surface area contributed by atoms with E-state index in [0.29, 0.717) is 24.3 Å². The molecule has 0 heterocycles. The van der Waals surface area contributed by atoms with Crippen molar-refractivity contribution in [2.45, 2.75) is 31.3 Å². The van der Waals surface area contributed by atoms with E-state index in [1.165, 1.54) is 30.3 Å². The summed E-state index contributed by atoms with van der Waals surface area (Å²) in [6.45, 7) is 3.33. The molecule has 0 radical (unpaired) electrons. The van der Waals surface area contributed by atoms with Gasteiger partial charge in [-0.2, -0.15) is 13.2 Å². The van der Waals surface area contributed by atoms with Gasteiger partial charge in [0, 0.05) is 12.2 Å². The van der Waals surface area contributed by atoms with Crippen molar-refractivity contribution >= 4 is 21.6 Å². The SMILES string of the molecule is CCCNS(=O)(=O)c1ccc(OCC(=O)Nc2cccc(C(F)(F)F)c2)c(C)c1. The van der Waals surface area contributed by atoms with E-state index in [2.05, 4.69) is 10.0 Å². The van der Waals surface area contributed by atoms with Crippen molar-refractivity contribution in [2.75, 3.05) is 18.5 Å². The Labute approximate surface area is 167 Å². The summed E-state index contributed by atoms with van der Waals surface area (Å²) in [5.41, 5.74) is -0.384. The number of hydrogen-bond donors (Lipinski definition) is 2. The molecular weight excluding hydrogens is 409 g/mol. The topological polar surface area (TPSA) is 84.5 Å². The first-order valence-corrected chi connectivity index (χ1v) is 10.2. The number of benzene rings is 2. The Balaban J connectivity index is 2.00. The summed E-state index contributed by atoms with van der Waals surface area (Å²) in [6, 6.07) is 8.44. The molecule has 2 N–H and O–H groups in total. The van der Waals surface area contributed by atoms with Crippen LogP contribution in [0, 0.1) is 6.92 Å². The predicted octanol–water partition coefficient (Wildman–Crippen LogP) is 3.72. The van der Waals surface area contributed by atoms with Crippen LogP contribution in [0.4, 0.5) is 18.9 Å². The van der Waals surface area contributed by atoms with Crippen molar-refractivity contribution in [3.05, 3.63) is 53.6 Å². The fourth-order valence-electron chi connectivity index (χ4n) is 2.38. The largest absolute Gasteiger partial charge is 0.483 e. The van der Waals surface area contributed by atoms with Gasteiger partial charge in [0.05, 0.1) is 10.5 Å². The van der Waals surface area contributed by atoms with E-state index >= 15 is 0 Å². The van der Waals surface area contributed by atoms with E-state index in [9.17, 15) is 26.4 Å². The van der Waals surface area contributed by atoms with E-state index in [0.717, 1.165) is 12.1 Å². The molecule has 0 bridgehead atoms. The number of aryl methyl sites for hydroxylation is 1. The molecule has 0 saturated carbocycles. The van der Waals surface area contributed by atoms with Crippen LogP contribution in [0.2, 0.25) is 0 Å². The number of halogens is 3. The lowest BCUT2D eigenvalue weighted by Crippen LogP contribution is -2.24. The summed E-state index contributed by atoms with van der Waals surface area (Å²) < 4.78 is 70.2. The molecule has 0 saturated heterocycles. The van der Waals surface area contributed by atoms with E-state index < -0.39 is 34.3 Å². The zero-order valence-corrected chi connectivity index (χ0v) is 16.7. The van der Waals surface area contributed by atoms with Crippen LogP contribution in [-0.4, -0.2) is 27.5 Å². The standard InChI is InChI=1S/C19H21F3N2O4S/c1-3-9-23-29(26,27)16-7-8-17(13(2)10-16)28-12-18(25)24-15-6-4-5-14(11-15)19(20,21)22/h4-8,10-11,23H,3,9,12H2,1-2H3,(H,24,25). The Morgan fingerprint density at radius 1 is 1.14 bits per heavy atom. The molecule has 0 fully saturated rings. The monoisotopic (exact) mass is 430 g/mol. The molecule has 0 aromatic heterocycles. The Bertz CT molecular complexity index is 976. The smallest absolute Gasteiger partial charge is 0.416 e. The van der Waals surface area contributed by atoms with Gasteiger partial charge in [0.1, 0.15) is 5.75 Å². The van der Waals surface area contributed by atoms with Gasteiger partial charge < -0.3 is 10.1 Å². The van der Waals surface area contributed by atoms with Gasteiger partial charge in [0.2, 0.25) is 10.0 Å². The Kier molecular flexibility index (Phi) is 7.26. The highest BCUT2D eigenvalue weighted by Gasteiger charge is 2.30. The molecule has 0 aliphatic carbocycles. The highest BCUT2D eigenvalue weighted by Crippen LogP contribution is 2.30. The van der Waals surface area contributed by atoms with Crippen LogP contribution in [0.25, 0.3) is 0 Å². The number of nitrogens with one attached hydrogen (secondary N) is 2. The Morgan fingerprint density at radius 3 is 2.48 bits per heavy atom. The second-order valence-electron chi connectivity index (χ2n) is 6.24. The molecule has 29 heavy (non-hydrogen) atoms. The van der Waals surface area contributed by atoms with E-state index in [-0.39, 0.29) is 10.6 Å². The number of alkyl halides is 3. The predicted molar refractivity (Wildman–Crippen MR) is 102 cm³/mol. The normalized spacial score (nSPS) is 11.9. The summed E-state index contributed by atoms with van der Waals surface area (Å²) >= 11 is 0. The van der Waals surface area contributed by atoms with E-state index in [4.69, 9.17) is 4.74 Å². The quantitative estimate of drug-likeness (QED) is 0.669. The first-order valence-electron chi connectivity index (χ1n) is 8.73. The first kappa shape index (κ1) is 22.7. The number of ether oxygens (including phenoxy) is 1. The molecule has 158 valence electrons. The van der Waals surface area contributed by atoms with Crippen LogP contribution >= 0.6 is 0 Å². The number of hydrogen-bond acceptors (Lipinski definition) is 4. The molecule has 0 aliphatic rings. The minimum absolute atomic E-state index is 0.00594. The fraction of sp³-hybridized carbons (Fsp3) is 0.316. The maximum atomic E-state index is 12.7. The van der Waals surface area contributed by atoms with E-state index in [1.807, 2.05) is 6.92 Å². The van der Waals surface area contributed by atoms with Crippen LogP contribution in [0.5, 0.6) is 5.75 Å². The van der Waals surface area contributed by atoms with Gasteiger partial charge in [0.25, 0.3) is 5.91 Å². The average molecular weight is 430 g/mol. The zero-order valence-electron chi connectivity index (χ0n) is 15.8. The van der Waals surface area contributed by atoms with E-state index in [1.54, 1.807) is 6.92 Å². The second kappa shape index (κ2) is 9.27. The van der Waals surface area contributed by atoms with Gasteiger partial charge in [0.15, 0.2) is 6.61 Å². The van der Waals surface area contributed by atoms with Crippen LogP contribution in [0.3, 0.4) is 0 Å². The van der Waals surface area contributed by atoms with Gasteiger partial charge in [-0.15, -0.1) is 0 Å². The molecule has 10 heteroatoms. The zero-order chi connectivity index (χ0) is 21.7. The average Bonchev–Trinajstić information content (AvgIpc) is 2.65. The lowest BCUT2D eigenvalue weighted by Gasteiger charge is -2.12. The maximum Gasteiger partial charge on any atom is 0.416 e. The Morgan fingerprint density at radius 2 is 1.86 bits per heavy atom. The minimum atomic E-state index is -4.51. The van der Waals surface area contributed by atoms with Crippen LogP contribution < -0.4 is 14.8 Å². The molecule has 6 nitrogen and oxygen atoms in total. The van der Waals surface area contributed by atoms with Crippen molar-refractivity contribution in [2.24, 2.45) is 0 Å². The van der Waals surface area contributed by atoms with Crippen molar-refractivity contribution in [1.82, 2.24) is 4.72 Å². The fourth-order valence-corrected chi connectivity index (χ4v) is 3.60. The number of rotatable bonds is 8. The van der Waals surface area contributed by atoms with Crippen LogP contribution in [0.1, 0.15) is 24.5 Å². The molecule has 0 atom stereocenters. The van der Waals surface area contributed by atoms with Gasteiger partial charge in [-0.3, -0.25) is 4.79 Å². The van der Waals surface area contributed by atoms with Crippen molar-refractivity contribution in [3.63, 3.8) is 0 Å². The highest BCUT2D eigenvalue weighted by atomic mass is 32.2. The third kappa shape index (κ3) is 6.47. The van der Waals surface area contributed by atoms with Crippen molar-refractivity contribution in [3.8, 4) is 5.75 Å². The molecule has 2 rings (SSSR count). The maximum absolute atomic E-state index is 12.7. The molecule has 1 amide bonds. The van der Waals surface area contributed by atoms with Gasteiger partial charge in [-0.05, 0) is 55.3 Å². The molecular formula is C19H21F3N2O4S. The van der Waals surface area contributed by atoms with Crippen LogP contribution in [0.15, 0.2) is 47.4 Å². The van der Waals surface area contributed by atoms with Crippen molar-refractivity contribution < 1.29 is 31.1 Å². The summed E-state index contributed by atoms with van der Waals surface area (Å²) in [6.07, 6.45) is -3.86. The number of carbonyl (C=O) groups is 1.